The molecule has 0 bridgehead atoms. The molecule has 6 nitrogen and oxygen atoms in total. The quantitative estimate of drug-likeness (QED) is 0.568. The largest absolute Gasteiger partial charge is 0.396 e. The van der Waals surface area contributed by atoms with Gasteiger partial charge >= 0.3 is 0 Å². The minimum Gasteiger partial charge on any atom is -0.396 e. The van der Waals surface area contributed by atoms with Gasteiger partial charge in [0, 0.05) is 35.7 Å². The van der Waals surface area contributed by atoms with Crippen molar-refractivity contribution in [2.45, 2.75) is 89.7 Å². The standard InChI is InChI=1S/C23H37N3O3S/c1-22-10-9-18(28)23(2,13-27)17(22)12-16-20(26-21(24-3)30-16)15(22)11-19(29)25-14-7-5-4-6-8-14/h14-15,17-18,27-28H,4-13H2,1-3H3,(H,24,26)(H,25,29). The van der Waals surface area contributed by atoms with E-state index in [1.807, 2.05) is 14.0 Å². The highest BCUT2D eigenvalue weighted by atomic mass is 32.1. The molecule has 0 aromatic carbocycles. The van der Waals surface area contributed by atoms with Crippen molar-refractivity contribution >= 4 is 22.4 Å². The molecule has 1 aromatic rings. The van der Waals surface area contributed by atoms with Crippen LogP contribution in [-0.2, 0) is 11.2 Å². The number of nitrogens with zero attached hydrogens (tertiary/aromatic N) is 1. The number of aromatic nitrogens is 1. The van der Waals surface area contributed by atoms with Crippen LogP contribution in [0.2, 0.25) is 0 Å². The predicted molar refractivity (Wildman–Crippen MR) is 120 cm³/mol. The molecule has 0 radical (unpaired) electrons. The molecule has 2 saturated carbocycles. The second-order valence-electron chi connectivity index (χ2n) is 10.2. The first-order valence-corrected chi connectivity index (χ1v) is 12.4. The zero-order valence-electron chi connectivity index (χ0n) is 18.5. The van der Waals surface area contributed by atoms with Crippen LogP contribution in [0.1, 0.15) is 81.7 Å². The maximum Gasteiger partial charge on any atom is 0.220 e. The molecule has 4 rings (SSSR count). The summed E-state index contributed by atoms with van der Waals surface area (Å²) in [4.78, 5) is 19.2. The Bertz CT molecular complexity index is 778. The van der Waals surface area contributed by atoms with Gasteiger partial charge < -0.3 is 20.8 Å². The van der Waals surface area contributed by atoms with Gasteiger partial charge in [0.25, 0.3) is 0 Å². The summed E-state index contributed by atoms with van der Waals surface area (Å²) in [5.74, 6) is 0.242. The molecule has 3 aliphatic rings. The van der Waals surface area contributed by atoms with Gasteiger partial charge in [-0.15, -0.1) is 11.3 Å². The van der Waals surface area contributed by atoms with Gasteiger partial charge in [0.15, 0.2) is 5.13 Å². The summed E-state index contributed by atoms with van der Waals surface area (Å²) < 4.78 is 0. The Balaban J connectivity index is 1.66. The van der Waals surface area contributed by atoms with E-state index in [4.69, 9.17) is 4.98 Å². The number of amides is 1. The van der Waals surface area contributed by atoms with E-state index in [9.17, 15) is 15.0 Å². The highest BCUT2D eigenvalue weighted by Crippen LogP contribution is 2.62. The lowest BCUT2D eigenvalue weighted by atomic mass is 9.47. The van der Waals surface area contributed by atoms with Gasteiger partial charge in [0.05, 0.1) is 18.4 Å². The number of hydrogen-bond acceptors (Lipinski definition) is 6. The van der Waals surface area contributed by atoms with Gasteiger partial charge in [0.2, 0.25) is 5.91 Å². The number of nitrogens with one attached hydrogen (secondary N) is 2. The molecule has 0 aliphatic heterocycles. The Labute approximate surface area is 183 Å². The van der Waals surface area contributed by atoms with Crippen molar-refractivity contribution in [1.29, 1.82) is 0 Å². The first-order chi connectivity index (χ1) is 14.3. The number of rotatable bonds is 5. The average molecular weight is 436 g/mol. The molecular weight excluding hydrogens is 398 g/mol. The Morgan fingerprint density at radius 3 is 2.63 bits per heavy atom. The van der Waals surface area contributed by atoms with Crippen molar-refractivity contribution in [2.24, 2.45) is 16.7 Å². The molecule has 1 aromatic heterocycles. The molecule has 7 heteroatoms. The van der Waals surface area contributed by atoms with Crippen molar-refractivity contribution in [3.8, 4) is 0 Å². The maximum absolute atomic E-state index is 13.1. The molecule has 0 spiro atoms. The third-order valence-corrected chi connectivity index (χ3v) is 9.58. The number of aliphatic hydroxyl groups is 2. The van der Waals surface area contributed by atoms with Gasteiger partial charge in [-0.1, -0.05) is 33.1 Å². The molecule has 168 valence electrons. The van der Waals surface area contributed by atoms with Crippen LogP contribution in [0.15, 0.2) is 0 Å². The summed E-state index contributed by atoms with van der Waals surface area (Å²) in [6.45, 7) is 4.24. The molecule has 5 atom stereocenters. The zero-order valence-corrected chi connectivity index (χ0v) is 19.4. The van der Waals surface area contributed by atoms with Gasteiger partial charge in [-0.25, -0.2) is 4.98 Å². The van der Waals surface area contributed by atoms with Crippen molar-refractivity contribution in [3.05, 3.63) is 10.6 Å². The predicted octanol–water partition coefficient (Wildman–Crippen LogP) is 3.44. The van der Waals surface area contributed by atoms with Gasteiger partial charge in [-0.2, -0.15) is 0 Å². The highest BCUT2D eigenvalue weighted by molar-refractivity contribution is 7.15. The van der Waals surface area contributed by atoms with Crippen molar-refractivity contribution < 1.29 is 15.0 Å². The number of carbonyl (C=O) groups excluding carboxylic acids is 1. The number of anilines is 1. The van der Waals surface area contributed by atoms with E-state index in [-0.39, 0.29) is 29.8 Å². The fourth-order valence-electron chi connectivity index (χ4n) is 6.47. The van der Waals surface area contributed by atoms with Crippen LogP contribution in [0, 0.1) is 16.7 Å². The molecule has 30 heavy (non-hydrogen) atoms. The van der Waals surface area contributed by atoms with Crippen molar-refractivity contribution in [2.75, 3.05) is 19.0 Å². The smallest absolute Gasteiger partial charge is 0.220 e. The lowest BCUT2D eigenvalue weighted by molar-refractivity contribution is -0.144. The fraction of sp³-hybridized carbons (Fsp3) is 0.826. The summed E-state index contributed by atoms with van der Waals surface area (Å²) >= 11 is 1.65. The molecular formula is C23H37N3O3S. The highest BCUT2D eigenvalue weighted by Gasteiger charge is 2.59. The van der Waals surface area contributed by atoms with Crippen LogP contribution in [0.4, 0.5) is 5.13 Å². The Morgan fingerprint density at radius 1 is 1.23 bits per heavy atom. The summed E-state index contributed by atoms with van der Waals surface area (Å²) in [6, 6.07) is 0.303. The van der Waals surface area contributed by atoms with E-state index < -0.39 is 11.5 Å². The lowest BCUT2D eigenvalue weighted by Crippen LogP contribution is -2.57. The maximum atomic E-state index is 13.1. The van der Waals surface area contributed by atoms with Gasteiger partial charge in [-0.3, -0.25) is 4.79 Å². The second kappa shape index (κ2) is 8.40. The first kappa shape index (κ1) is 22.0. The monoisotopic (exact) mass is 435 g/mol. The van der Waals surface area contributed by atoms with Crippen LogP contribution in [-0.4, -0.2) is 46.9 Å². The SMILES string of the molecule is CNc1nc2c(s1)CC1C(C)(CO)C(O)CCC1(C)C2CC(=O)NC1CCCCC1. The van der Waals surface area contributed by atoms with Crippen LogP contribution >= 0.6 is 11.3 Å². The third kappa shape index (κ3) is 3.67. The van der Waals surface area contributed by atoms with Crippen LogP contribution in [0.5, 0.6) is 0 Å². The second-order valence-corrected chi connectivity index (χ2v) is 11.3. The Hall–Kier alpha value is -1.18. The van der Waals surface area contributed by atoms with Crippen LogP contribution < -0.4 is 10.6 Å². The molecule has 1 heterocycles. The number of fused-ring (bicyclic) bond motifs is 2. The van der Waals surface area contributed by atoms with Crippen molar-refractivity contribution in [3.63, 3.8) is 0 Å². The minimum atomic E-state index is -0.563. The minimum absolute atomic E-state index is 0.00608. The molecule has 5 unspecified atom stereocenters. The Kier molecular flexibility index (Phi) is 6.17. The topological polar surface area (TPSA) is 94.5 Å². The number of hydrogen-bond donors (Lipinski definition) is 4. The average Bonchev–Trinajstić information content (AvgIpc) is 3.16. The van der Waals surface area contributed by atoms with E-state index in [2.05, 4.69) is 17.6 Å². The Morgan fingerprint density at radius 2 is 1.97 bits per heavy atom. The molecule has 1 amide bonds. The van der Waals surface area contributed by atoms with E-state index >= 15 is 0 Å². The van der Waals surface area contributed by atoms with E-state index in [0.29, 0.717) is 18.9 Å². The number of thiazole rings is 1. The lowest BCUT2D eigenvalue weighted by Gasteiger charge is -2.58. The van der Waals surface area contributed by atoms with E-state index in [0.717, 1.165) is 36.5 Å². The summed E-state index contributed by atoms with van der Waals surface area (Å²) in [5, 5.41) is 28.4. The summed E-state index contributed by atoms with van der Waals surface area (Å²) in [6.07, 6.45) is 8.05. The number of aliphatic hydroxyl groups excluding tert-OH is 2. The summed E-state index contributed by atoms with van der Waals surface area (Å²) in [7, 11) is 1.88. The van der Waals surface area contributed by atoms with Crippen LogP contribution in [0.3, 0.4) is 0 Å². The van der Waals surface area contributed by atoms with E-state index in [1.54, 1.807) is 11.3 Å². The van der Waals surface area contributed by atoms with Gasteiger partial charge in [-0.05, 0) is 43.4 Å². The van der Waals surface area contributed by atoms with Crippen LogP contribution in [0.25, 0.3) is 0 Å². The van der Waals surface area contributed by atoms with Gasteiger partial charge in [0.1, 0.15) is 0 Å². The normalized spacial score (nSPS) is 36.6. The molecule has 0 saturated heterocycles. The zero-order chi connectivity index (χ0) is 21.5. The molecule has 2 fully saturated rings. The number of carbonyl (C=O) groups is 1. The fourth-order valence-corrected chi connectivity index (χ4v) is 7.49. The molecule has 4 N–H and O–H groups in total. The third-order valence-electron chi connectivity index (χ3n) is 8.47. The van der Waals surface area contributed by atoms with Crippen molar-refractivity contribution in [1.82, 2.24) is 10.3 Å². The first-order valence-electron chi connectivity index (χ1n) is 11.6. The van der Waals surface area contributed by atoms with E-state index in [1.165, 1.54) is 24.1 Å². The summed E-state index contributed by atoms with van der Waals surface area (Å²) in [5.41, 5.74) is 0.317. The molecule has 3 aliphatic carbocycles.